The molecule has 1 aliphatic carbocycles. The highest BCUT2D eigenvalue weighted by Crippen LogP contribution is 2.56. The van der Waals surface area contributed by atoms with Crippen molar-refractivity contribution in [3.8, 4) is 11.8 Å². The zero-order valence-corrected chi connectivity index (χ0v) is 18.3. The van der Waals surface area contributed by atoms with Gasteiger partial charge in [0, 0.05) is 30.8 Å². The fraction of sp³-hybridized carbons (Fsp3) is 0.417. The zero-order chi connectivity index (χ0) is 22.3. The monoisotopic (exact) mass is 430 g/mol. The van der Waals surface area contributed by atoms with Crippen molar-refractivity contribution in [1.82, 2.24) is 20.3 Å². The largest absolute Gasteiger partial charge is 0.496 e. The molecule has 0 radical (unpaired) electrons. The summed E-state index contributed by atoms with van der Waals surface area (Å²) in [6, 6.07) is 9.25. The van der Waals surface area contributed by atoms with Gasteiger partial charge >= 0.3 is 0 Å². The van der Waals surface area contributed by atoms with Crippen LogP contribution in [0.3, 0.4) is 0 Å². The van der Waals surface area contributed by atoms with E-state index in [1.54, 1.807) is 25.6 Å². The third kappa shape index (κ3) is 3.44. The molecule has 1 aliphatic heterocycles. The molecule has 1 saturated carbocycles. The summed E-state index contributed by atoms with van der Waals surface area (Å²) in [6.07, 6.45) is 6.38. The van der Waals surface area contributed by atoms with Crippen LogP contribution in [-0.4, -0.2) is 41.1 Å². The van der Waals surface area contributed by atoms with E-state index in [9.17, 15) is 4.79 Å². The van der Waals surface area contributed by atoms with E-state index in [0.29, 0.717) is 11.3 Å². The van der Waals surface area contributed by atoms with Crippen molar-refractivity contribution in [3.63, 3.8) is 0 Å². The van der Waals surface area contributed by atoms with Gasteiger partial charge in [0.2, 0.25) is 5.91 Å². The highest BCUT2D eigenvalue weighted by atomic mass is 16.5. The normalized spacial score (nSPS) is 20.0. The molecule has 3 aromatic rings. The molecule has 2 aliphatic rings. The number of rotatable bonds is 5. The topological polar surface area (TPSA) is 107 Å². The Morgan fingerprint density at radius 2 is 2.22 bits per heavy atom. The summed E-state index contributed by atoms with van der Waals surface area (Å²) in [5, 5.41) is 13.4. The summed E-state index contributed by atoms with van der Waals surface area (Å²) in [6.45, 7) is 3.57. The number of carbonyl (C=O) groups excluding carboxylic acids is 1. The Balaban J connectivity index is 1.31. The number of aromatic nitrogens is 3. The van der Waals surface area contributed by atoms with Crippen LogP contribution in [0.15, 0.2) is 36.8 Å². The van der Waals surface area contributed by atoms with Gasteiger partial charge in [0.15, 0.2) is 0 Å². The second-order valence-corrected chi connectivity index (χ2v) is 8.86. The molecule has 8 heteroatoms. The van der Waals surface area contributed by atoms with Crippen LogP contribution < -0.4 is 15.0 Å². The van der Waals surface area contributed by atoms with Gasteiger partial charge in [-0.15, -0.1) is 0 Å². The lowest BCUT2D eigenvalue weighted by molar-refractivity contribution is -0.128. The molecule has 2 atom stereocenters. The number of aromatic amines is 1. The van der Waals surface area contributed by atoms with Crippen LogP contribution in [0.25, 0.3) is 11.0 Å². The number of nitrogens with zero attached hydrogens (tertiary/aromatic N) is 4. The van der Waals surface area contributed by atoms with Gasteiger partial charge in [0.25, 0.3) is 0 Å². The number of methoxy groups -OCH3 is 1. The highest BCUT2D eigenvalue weighted by Gasteiger charge is 2.55. The second-order valence-electron chi connectivity index (χ2n) is 8.86. The Hall–Kier alpha value is -3.60. The first-order valence-corrected chi connectivity index (χ1v) is 11.0. The van der Waals surface area contributed by atoms with Crippen LogP contribution in [0.2, 0.25) is 0 Å². The molecule has 2 fully saturated rings. The Morgan fingerprint density at radius 1 is 1.38 bits per heavy atom. The molecule has 0 bridgehead atoms. The number of anilines is 1. The Labute approximate surface area is 186 Å². The maximum Gasteiger partial charge on any atom is 0.224 e. The first-order chi connectivity index (χ1) is 15.5. The predicted octanol–water partition coefficient (Wildman–Crippen LogP) is 3.32. The van der Waals surface area contributed by atoms with E-state index in [2.05, 4.69) is 31.2 Å². The molecule has 32 heavy (non-hydrogen) atoms. The standard InChI is InChI=1S/C24H26N6O2/c1-15(17-4-3-16(12-25)11-20(17)32-2)29-23(31)19-6-10-30(13-24(19)7-8-24)22-18-5-9-26-21(18)27-14-28-22/h3-5,9,11,14-15,19H,6-8,10,13H2,1-2H3,(H,29,31)(H,26,27,28)/t15?,19-/m1/s1. The van der Waals surface area contributed by atoms with E-state index in [1.807, 2.05) is 25.3 Å². The van der Waals surface area contributed by atoms with Crippen molar-refractivity contribution in [2.45, 2.75) is 32.2 Å². The smallest absolute Gasteiger partial charge is 0.224 e. The van der Waals surface area contributed by atoms with Gasteiger partial charge < -0.3 is 19.9 Å². The summed E-state index contributed by atoms with van der Waals surface area (Å²) in [5.41, 5.74) is 2.25. The molecule has 2 aromatic heterocycles. The van der Waals surface area contributed by atoms with Gasteiger partial charge in [-0.1, -0.05) is 6.07 Å². The minimum atomic E-state index is -0.208. The van der Waals surface area contributed by atoms with E-state index in [-0.39, 0.29) is 23.3 Å². The SMILES string of the molecule is COc1cc(C#N)ccc1C(C)NC(=O)[C@H]1CCN(c2ncnc3[nH]ccc23)CC12CC2. The first kappa shape index (κ1) is 20.3. The average molecular weight is 431 g/mol. The number of benzene rings is 1. The molecule has 5 rings (SSSR count). The molecule has 2 N–H and O–H groups in total. The molecule has 3 heterocycles. The van der Waals surface area contributed by atoms with Crippen LogP contribution in [0, 0.1) is 22.7 Å². The lowest BCUT2D eigenvalue weighted by Gasteiger charge is -2.39. The number of carbonyl (C=O) groups is 1. The molecular weight excluding hydrogens is 404 g/mol. The van der Waals surface area contributed by atoms with Crippen molar-refractivity contribution < 1.29 is 9.53 Å². The fourth-order valence-corrected chi connectivity index (χ4v) is 5.06. The molecule has 1 unspecified atom stereocenters. The minimum Gasteiger partial charge on any atom is -0.496 e. The molecule has 1 spiro atoms. The van der Waals surface area contributed by atoms with Gasteiger partial charge in [-0.05, 0) is 49.8 Å². The summed E-state index contributed by atoms with van der Waals surface area (Å²) in [5.74, 6) is 1.63. The van der Waals surface area contributed by atoms with E-state index < -0.39 is 0 Å². The summed E-state index contributed by atoms with van der Waals surface area (Å²) in [7, 11) is 1.58. The van der Waals surface area contributed by atoms with Crippen molar-refractivity contribution in [3.05, 3.63) is 47.9 Å². The predicted molar refractivity (Wildman–Crippen MR) is 120 cm³/mol. The number of nitrogens with one attached hydrogen (secondary N) is 2. The van der Waals surface area contributed by atoms with E-state index in [1.165, 1.54) is 0 Å². The third-order valence-electron chi connectivity index (χ3n) is 6.96. The third-order valence-corrected chi connectivity index (χ3v) is 6.96. The van der Waals surface area contributed by atoms with Crippen molar-refractivity contribution >= 4 is 22.8 Å². The number of H-pyrrole nitrogens is 1. The molecule has 8 nitrogen and oxygen atoms in total. The van der Waals surface area contributed by atoms with Gasteiger partial charge in [0.05, 0.1) is 30.2 Å². The molecule has 1 amide bonds. The second kappa shape index (κ2) is 7.83. The quantitative estimate of drug-likeness (QED) is 0.643. The van der Waals surface area contributed by atoms with E-state index in [0.717, 1.165) is 54.8 Å². The summed E-state index contributed by atoms with van der Waals surface area (Å²) in [4.78, 5) is 27.6. The van der Waals surface area contributed by atoms with Crippen molar-refractivity contribution in [1.29, 1.82) is 5.26 Å². The van der Waals surface area contributed by atoms with Gasteiger partial charge in [0.1, 0.15) is 23.5 Å². The maximum atomic E-state index is 13.3. The Bertz CT molecular complexity index is 1210. The van der Waals surface area contributed by atoms with Crippen LogP contribution in [0.5, 0.6) is 5.75 Å². The van der Waals surface area contributed by atoms with E-state index in [4.69, 9.17) is 10.00 Å². The molecule has 1 aromatic carbocycles. The molecule has 1 saturated heterocycles. The van der Waals surface area contributed by atoms with Gasteiger partial charge in [-0.3, -0.25) is 4.79 Å². The number of hydrogen-bond donors (Lipinski definition) is 2. The first-order valence-electron chi connectivity index (χ1n) is 11.0. The van der Waals surface area contributed by atoms with Gasteiger partial charge in [-0.2, -0.15) is 5.26 Å². The van der Waals surface area contributed by atoms with Crippen LogP contribution in [0.4, 0.5) is 5.82 Å². The Kier molecular flexibility index (Phi) is 4.97. The average Bonchev–Trinajstić information content (AvgIpc) is 3.39. The summed E-state index contributed by atoms with van der Waals surface area (Å²) >= 11 is 0. The van der Waals surface area contributed by atoms with Gasteiger partial charge in [-0.25, -0.2) is 9.97 Å². The lowest BCUT2D eigenvalue weighted by atomic mass is 9.81. The lowest BCUT2D eigenvalue weighted by Crippen LogP contribution is -2.48. The maximum absolute atomic E-state index is 13.3. The Morgan fingerprint density at radius 3 is 2.97 bits per heavy atom. The number of ether oxygens (including phenoxy) is 1. The van der Waals surface area contributed by atoms with Crippen LogP contribution in [-0.2, 0) is 4.79 Å². The number of hydrogen-bond acceptors (Lipinski definition) is 6. The number of piperidine rings is 1. The van der Waals surface area contributed by atoms with Crippen LogP contribution >= 0.6 is 0 Å². The molecule has 164 valence electrons. The van der Waals surface area contributed by atoms with Crippen LogP contribution in [0.1, 0.15) is 43.4 Å². The van der Waals surface area contributed by atoms with E-state index >= 15 is 0 Å². The zero-order valence-electron chi connectivity index (χ0n) is 18.3. The van der Waals surface area contributed by atoms with Crippen molar-refractivity contribution in [2.75, 3.05) is 25.1 Å². The van der Waals surface area contributed by atoms with Crippen molar-refractivity contribution in [2.24, 2.45) is 11.3 Å². The molecular formula is C24H26N6O2. The highest BCUT2D eigenvalue weighted by molar-refractivity contribution is 5.88. The summed E-state index contributed by atoms with van der Waals surface area (Å²) < 4.78 is 5.46. The number of amides is 1. The number of fused-ring (bicyclic) bond motifs is 1. The fourth-order valence-electron chi connectivity index (χ4n) is 5.06. The minimum absolute atomic E-state index is 0.00435. The number of nitriles is 1.